The number of aromatic hydroxyl groups is 1. The summed E-state index contributed by atoms with van der Waals surface area (Å²) in [7, 11) is 0. The van der Waals surface area contributed by atoms with Gasteiger partial charge in [0.15, 0.2) is 0 Å². The van der Waals surface area contributed by atoms with E-state index in [0.29, 0.717) is 5.39 Å². The van der Waals surface area contributed by atoms with Gasteiger partial charge in [0.05, 0.1) is 5.56 Å². The molecule has 0 aliphatic carbocycles. The minimum Gasteiger partial charge on any atom is -0.507 e. The Bertz CT molecular complexity index is 613. The zero-order valence-electron chi connectivity index (χ0n) is 8.68. The van der Waals surface area contributed by atoms with Gasteiger partial charge in [-0.2, -0.15) is 0 Å². The van der Waals surface area contributed by atoms with Crippen LogP contribution in [0.25, 0.3) is 10.8 Å². The minimum atomic E-state index is -1.18. The van der Waals surface area contributed by atoms with Gasteiger partial charge in [-0.3, -0.25) is 4.79 Å². The van der Waals surface area contributed by atoms with Crippen LogP contribution in [0.1, 0.15) is 20.7 Å². The van der Waals surface area contributed by atoms with Crippen molar-refractivity contribution in [1.29, 1.82) is 0 Å². The van der Waals surface area contributed by atoms with Crippen LogP contribution < -0.4 is 5.73 Å². The van der Waals surface area contributed by atoms with E-state index >= 15 is 0 Å². The maximum absolute atomic E-state index is 11.2. The summed E-state index contributed by atoms with van der Waals surface area (Å²) in [5.41, 5.74) is 5.20. The molecule has 0 spiro atoms. The van der Waals surface area contributed by atoms with E-state index < -0.39 is 11.9 Å². The standard InChI is InChI=1S/C12H9NO4/c13-11(15)7-4-5-9(14)6-2-1-3-8(10(6)7)12(16)17/h1-5,14H,(H2,13,15)(H,16,17). The number of phenolic OH excluding ortho intramolecular Hbond substituents is 1. The van der Waals surface area contributed by atoms with Crippen LogP contribution in [0.2, 0.25) is 0 Å². The number of nitrogens with two attached hydrogens (primary N) is 1. The molecule has 1 amide bonds. The van der Waals surface area contributed by atoms with Crippen molar-refractivity contribution in [2.75, 3.05) is 0 Å². The number of carbonyl (C=O) groups is 2. The fourth-order valence-electron chi connectivity index (χ4n) is 1.77. The van der Waals surface area contributed by atoms with Crippen LogP contribution >= 0.6 is 0 Å². The Balaban J connectivity index is 2.99. The van der Waals surface area contributed by atoms with E-state index in [1.54, 1.807) is 0 Å². The first-order chi connectivity index (χ1) is 8.02. The third kappa shape index (κ3) is 1.67. The molecule has 86 valence electrons. The normalized spacial score (nSPS) is 10.4. The predicted molar refractivity (Wildman–Crippen MR) is 61.1 cm³/mol. The molecule has 17 heavy (non-hydrogen) atoms. The average molecular weight is 231 g/mol. The molecule has 2 rings (SSSR count). The Hall–Kier alpha value is -2.56. The first-order valence-corrected chi connectivity index (χ1v) is 4.80. The maximum Gasteiger partial charge on any atom is 0.336 e. The lowest BCUT2D eigenvalue weighted by molar-refractivity contribution is 0.0699. The van der Waals surface area contributed by atoms with Gasteiger partial charge in [-0.1, -0.05) is 12.1 Å². The Morgan fingerprint density at radius 3 is 2.35 bits per heavy atom. The van der Waals surface area contributed by atoms with Crippen molar-refractivity contribution in [2.45, 2.75) is 0 Å². The lowest BCUT2D eigenvalue weighted by atomic mass is 9.98. The van der Waals surface area contributed by atoms with E-state index in [2.05, 4.69) is 0 Å². The number of aromatic carboxylic acids is 1. The van der Waals surface area contributed by atoms with Crippen molar-refractivity contribution in [3.8, 4) is 5.75 Å². The Morgan fingerprint density at radius 1 is 1.06 bits per heavy atom. The first kappa shape index (κ1) is 10.9. The third-order valence-corrected chi connectivity index (χ3v) is 2.51. The van der Waals surface area contributed by atoms with Crippen LogP contribution in [0.15, 0.2) is 30.3 Å². The molecule has 0 aromatic heterocycles. The SMILES string of the molecule is NC(=O)c1ccc(O)c2cccc(C(=O)O)c12. The van der Waals surface area contributed by atoms with E-state index in [4.69, 9.17) is 10.8 Å². The van der Waals surface area contributed by atoms with Gasteiger partial charge >= 0.3 is 5.97 Å². The predicted octanol–water partition coefficient (Wildman–Crippen LogP) is 1.34. The van der Waals surface area contributed by atoms with Crippen molar-refractivity contribution in [1.82, 2.24) is 0 Å². The number of carboxylic acids is 1. The zero-order valence-corrected chi connectivity index (χ0v) is 8.68. The number of phenols is 1. The number of carboxylic acid groups (broad SMARTS) is 1. The molecular formula is C12H9NO4. The van der Waals surface area contributed by atoms with Crippen LogP contribution in [-0.4, -0.2) is 22.1 Å². The summed E-state index contributed by atoms with van der Waals surface area (Å²) in [6, 6.07) is 7.01. The molecule has 0 unspecified atom stereocenters. The highest BCUT2D eigenvalue weighted by Gasteiger charge is 2.16. The number of amides is 1. The molecule has 0 heterocycles. The summed E-state index contributed by atoms with van der Waals surface area (Å²) in [6.45, 7) is 0. The van der Waals surface area contributed by atoms with E-state index in [-0.39, 0.29) is 22.3 Å². The van der Waals surface area contributed by atoms with Crippen LogP contribution in [0.3, 0.4) is 0 Å². The molecular weight excluding hydrogens is 222 g/mol. The molecule has 0 aliphatic rings. The van der Waals surface area contributed by atoms with Crippen molar-refractivity contribution in [2.24, 2.45) is 5.73 Å². The van der Waals surface area contributed by atoms with Crippen molar-refractivity contribution in [3.63, 3.8) is 0 Å². The molecule has 5 nitrogen and oxygen atoms in total. The largest absolute Gasteiger partial charge is 0.507 e. The van der Waals surface area contributed by atoms with Gasteiger partial charge in [-0.25, -0.2) is 4.79 Å². The van der Waals surface area contributed by atoms with Crippen molar-refractivity contribution in [3.05, 3.63) is 41.5 Å². The molecule has 4 N–H and O–H groups in total. The molecule has 0 aliphatic heterocycles. The molecule has 0 saturated carbocycles. The molecule has 0 saturated heterocycles. The van der Waals surface area contributed by atoms with Gasteiger partial charge in [-0.05, 0) is 18.2 Å². The van der Waals surface area contributed by atoms with E-state index in [0.717, 1.165) is 0 Å². The van der Waals surface area contributed by atoms with Crippen LogP contribution in [0.4, 0.5) is 0 Å². The quantitative estimate of drug-likeness (QED) is 0.725. The van der Waals surface area contributed by atoms with Gasteiger partial charge < -0.3 is 15.9 Å². The van der Waals surface area contributed by atoms with Crippen molar-refractivity contribution >= 4 is 22.6 Å². The number of hydrogen-bond donors (Lipinski definition) is 3. The summed E-state index contributed by atoms with van der Waals surface area (Å²) in [4.78, 5) is 22.3. The van der Waals surface area contributed by atoms with Gasteiger partial charge in [0.25, 0.3) is 0 Å². The molecule has 0 atom stereocenters. The molecule has 0 radical (unpaired) electrons. The third-order valence-electron chi connectivity index (χ3n) is 2.51. The molecule has 5 heteroatoms. The van der Waals surface area contributed by atoms with Gasteiger partial charge in [-0.15, -0.1) is 0 Å². The second kappa shape index (κ2) is 3.79. The average Bonchev–Trinajstić information content (AvgIpc) is 2.28. The van der Waals surface area contributed by atoms with Gasteiger partial charge in [0, 0.05) is 16.3 Å². The topological polar surface area (TPSA) is 101 Å². The van der Waals surface area contributed by atoms with Gasteiger partial charge in [0.1, 0.15) is 5.75 Å². The maximum atomic E-state index is 11.2. The van der Waals surface area contributed by atoms with Crippen molar-refractivity contribution < 1.29 is 19.8 Å². The van der Waals surface area contributed by atoms with E-state index in [1.165, 1.54) is 30.3 Å². The highest BCUT2D eigenvalue weighted by molar-refractivity contribution is 6.15. The second-order valence-corrected chi connectivity index (χ2v) is 3.53. The number of carbonyl (C=O) groups excluding carboxylic acids is 1. The Morgan fingerprint density at radius 2 is 1.76 bits per heavy atom. The number of benzene rings is 2. The lowest BCUT2D eigenvalue weighted by Crippen LogP contribution is -2.13. The number of rotatable bonds is 2. The smallest absolute Gasteiger partial charge is 0.336 e. The highest BCUT2D eigenvalue weighted by atomic mass is 16.4. The molecule has 0 bridgehead atoms. The Kier molecular flexibility index (Phi) is 2.44. The fourth-order valence-corrected chi connectivity index (χ4v) is 1.77. The molecule has 2 aromatic carbocycles. The van der Waals surface area contributed by atoms with E-state index in [1.807, 2.05) is 0 Å². The summed E-state index contributed by atoms with van der Waals surface area (Å²) >= 11 is 0. The number of hydrogen-bond acceptors (Lipinski definition) is 3. The zero-order chi connectivity index (χ0) is 12.6. The molecule has 0 fully saturated rings. The van der Waals surface area contributed by atoms with Crippen LogP contribution in [0.5, 0.6) is 5.75 Å². The Labute approximate surface area is 96.1 Å². The highest BCUT2D eigenvalue weighted by Crippen LogP contribution is 2.30. The number of primary amides is 1. The first-order valence-electron chi connectivity index (χ1n) is 4.80. The number of fused-ring (bicyclic) bond motifs is 1. The fraction of sp³-hybridized carbons (Fsp3) is 0. The van der Waals surface area contributed by atoms with Crippen LogP contribution in [-0.2, 0) is 0 Å². The summed E-state index contributed by atoms with van der Waals surface area (Å²) in [6.07, 6.45) is 0. The monoisotopic (exact) mass is 231 g/mol. The van der Waals surface area contributed by atoms with Crippen LogP contribution in [0, 0.1) is 0 Å². The molecule has 2 aromatic rings. The summed E-state index contributed by atoms with van der Waals surface area (Å²) in [5.74, 6) is -2.00. The van der Waals surface area contributed by atoms with Gasteiger partial charge in [0.2, 0.25) is 5.91 Å². The van der Waals surface area contributed by atoms with E-state index in [9.17, 15) is 14.7 Å². The second-order valence-electron chi connectivity index (χ2n) is 3.53. The summed E-state index contributed by atoms with van der Waals surface area (Å²) < 4.78 is 0. The summed E-state index contributed by atoms with van der Waals surface area (Å²) in [5, 5.41) is 19.1. The lowest BCUT2D eigenvalue weighted by Gasteiger charge is -2.08. The minimum absolute atomic E-state index is 0.0628.